The number of amides is 1. The molecule has 1 aliphatic carbocycles. The SMILES string of the molecule is Cc1oc(CN(C)C(=O)[C@H]2C[C@@H]2c2ccc(F)cc2F)cc1C(=O)O. The Labute approximate surface area is 142 Å². The minimum atomic E-state index is -1.09. The fraction of sp³-hybridized carbons (Fsp3) is 0.333. The maximum absolute atomic E-state index is 13.8. The van der Waals surface area contributed by atoms with Crippen LogP contribution < -0.4 is 0 Å². The molecule has 2 atom stereocenters. The number of carbonyl (C=O) groups is 2. The first-order valence-corrected chi connectivity index (χ1v) is 7.80. The Morgan fingerprint density at radius 3 is 2.64 bits per heavy atom. The lowest BCUT2D eigenvalue weighted by molar-refractivity contribution is -0.132. The molecule has 2 aromatic rings. The van der Waals surface area contributed by atoms with Gasteiger partial charge >= 0.3 is 5.97 Å². The van der Waals surface area contributed by atoms with Crippen molar-refractivity contribution >= 4 is 11.9 Å². The van der Waals surface area contributed by atoms with Gasteiger partial charge in [0, 0.05) is 19.0 Å². The van der Waals surface area contributed by atoms with Crippen LogP contribution in [0.2, 0.25) is 0 Å². The zero-order valence-electron chi connectivity index (χ0n) is 13.8. The van der Waals surface area contributed by atoms with Crippen LogP contribution in [-0.4, -0.2) is 28.9 Å². The summed E-state index contributed by atoms with van der Waals surface area (Å²) in [5.41, 5.74) is 0.406. The molecular weight excluding hydrogens is 332 g/mol. The second kappa shape index (κ2) is 6.31. The molecule has 0 aliphatic heterocycles. The van der Waals surface area contributed by atoms with Crippen LogP contribution >= 0.6 is 0 Å². The summed E-state index contributed by atoms with van der Waals surface area (Å²) in [5.74, 6) is -2.53. The number of hydrogen-bond acceptors (Lipinski definition) is 3. The van der Waals surface area contributed by atoms with E-state index in [1.54, 1.807) is 14.0 Å². The van der Waals surface area contributed by atoms with Gasteiger partial charge in [0.15, 0.2) is 0 Å². The van der Waals surface area contributed by atoms with Crippen LogP contribution in [0.4, 0.5) is 8.78 Å². The molecule has 0 radical (unpaired) electrons. The molecule has 132 valence electrons. The Hall–Kier alpha value is -2.70. The third kappa shape index (κ3) is 3.40. The molecule has 1 fully saturated rings. The molecule has 1 N–H and O–H groups in total. The number of carboxylic acid groups (broad SMARTS) is 1. The summed E-state index contributed by atoms with van der Waals surface area (Å²) in [6.07, 6.45) is 0.503. The molecule has 1 saturated carbocycles. The monoisotopic (exact) mass is 349 g/mol. The van der Waals surface area contributed by atoms with E-state index >= 15 is 0 Å². The summed E-state index contributed by atoms with van der Waals surface area (Å²) in [4.78, 5) is 24.9. The molecule has 5 nitrogen and oxygen atoms in total. The minimum Gasteiger partial charge on any atom is -0.478 e. The van der Waals surface area contributed by atoms with Crippen molar-refractivity contribution in [1.29, 1.82) is 0 Å². The lowest BCUT2D eigenvalue weighted by Gasteiger charge is -2.16. The van der Waals surface area contributed by atoms with E-state index in [2.05, 4.69) is 0 Å². The highest BCUT2D eigenvalue weighted by Gasteiger charge is 2.46. The zero-order valence-corrected chi connectivity index (χ0v) is 13.8. The predicted molar refractivity (Wildman–Crippen MR) is 84.1 cm³/mol. The van der Waals surface area contributed by atoms with Crippen LogP contribution in [0, 0.1) is 24.5 Å². The number of hydrogen-bond donors (Lipinski definition) is 1. The van der Waals surface area contributed by atoms with Crippen LogP contribution in [0.25, 0.3) is 0 Å². The number of benzene rings is 1. The molecule has 0 spiro atoms. The van der Waals surface area contributed by atoms with Crippen molar-refractivity contribution in [3.8, 4) is 0 Å². The molecule has 1 aromatic heterocycles. The predicted octanol–water partition coefficient (Wildman–Crippen LogP) is 3.33. The maximum atomic E-state index is 13.8. The number of halogens is 2. The van der Waals surface area contributed by atoms with Crippen molar-refractivity contribution in [3.05, 3.63) is 58.5 Å². The van der Waals surface area contributed by atoms with Gasteiger partial charge in [0.1, 0.15) is 28.7 Å². The van der Waals surface area contributed by atoms with Crippen molar-refractivity contribution in [1.82, 2.24) is 4.90 Å². The van der Waals surface area contributed by atoms with Gasteiger partial charge in [-0.15, -0.1) is 0 Å². The lowest BCUT2D eigenvalue weighted by atomic mass is 10.1. The Balaban J connectivity index is 1.66. The first-order chi connectivity index (χ1) is 11.8. The highest BCUT2D eigenvalue weighted by atomic mass is 19.1. The highest BCUT2D eigenvalue weighted by Crippen LogP contribution is 2.49. The number of nitrogens with zero attached hydrogens (tertiary/aromatic N) is 1. The van der Waals surface area contributed by atoms with Gasteiger partial charge in [-0.2, -0.15) is 0 Å². The van der Waals surface area contributed by atoms with Gasteiger partial charge in [0.25, 0.3) is 0 Å². The minimum absolute atomic E-state index is 0.0635. The molecule has 1 aromatic carbocycles. The normalized spacial score (nSPS) is 18.9. The van der Waals surface area contributed by atoms with Gasteiger partial charge in [-0.1, -0.05) is 6.07 Å². The fourth-order valence-corrected chi connectivity index (χ4v) is 3.04. The number of carbonyl (C=O) groups excluding carboxylic acids is 1. The highest BCUT2D eigenvalue weighted by molar-refractivity contribution is 5.89. The quantitative estimate of drug-likeness (QED) is 0.899. The largest absolute Gasteiger partial charge is 0.478 e. The van der Waals surface area contributed by atoms with Crippen molar-refractivity contribution in [2.45, 2.75) is 25.8 Å². The molecule has 0 bridgehead atoms. The Morgan fingerprint density at radius 1 is 1.32 bits per heavy atom. The molecule has 0 saturated heterocycles. The van der Waals surface area contributed by atoms with Crippen LogP contribution in [0.3, 0.4) is 0 Å². The van der Waals surface area contributed by atoms with E-state index in [0.29, 0.717) is 17.7 Å². The smallest absolute Gasteiger partial charge is 0.339 e. The molecule has 1 amide bonds. The second-order valence-electron chi connectivity index (χ2n) is 6.30. The summed E-state index contributed by atoms with van der Waals surface area (Å²) in [6, 6.07) is 4.77. The fourth-order valence-electron chi connectivity index (χ4n) is 3.04. The lowest BCUT2D eigenvalue weighted by Crippen LogP contribution is -2.27. The molecular formula is C18H17F2NO4. The van der Waals surface area contributed by atoms with Gasteiger partial charge in [-0.3, -0.25) is 4.79 Å². The van der Waals surface area contributed by atoms with E-state index in [1.165, 1.54) is 23.1 Å². The summed E-state index contributed by atoms with van der Waals surface area (Å²) in [7, 11) is 1.58. The third-order valence-electron chi connectivity index (χ3n) is 4.44. The molecule has 0 unspecified atom stereocenters. The number of aromatic carboxylic acids is 1. The van der Waals surface area contributed by atoms with E-state index in [4.69, 9.17) is 9.52 Å². The third-order valence-corrected chi connectivity index (χ3v) is 4.44. The van der Waals surface area contributed by atoms with E-state index in [1.807, 2.05) is 0 Å². The van der Waals surface area contributed by atoms with Crippen LogP contribution in [0.5, 0.6) is 0 Å². The summed E-state index contributed by atoms with van der Waals surface area (Å²) in [6.45, 7) is 1.67. The first-order valence-electron chi connectivity index (χ1n) is 7.80. The zero-order chi connectivity index (χ0) is 18.3. The molecule has 1 aliphatic rings. The topological polar surface area (TPSA) is 70.8 Å². The molecule has 25 heavy (non-hydrogen) atoms. The van der Waals surface area contributed by atoms with Crippen LogP contribution in [0.15, 0.2) is 28.7 Å². The second-order valence-corrected chi connectivity index (χ2v) is 6.30. The molecule has 1 heterocycles. The van der Waals surface area contributed by atoms with E-state index < -0.39 is 17.6 Å². The van der Waals surface area contributed by atoms with E-state index in [9.17, 15) is 18.4 Å². The van der Waals surface area contributed by atoms with Gasteiger partial charge in [0.2, 0.25) is 5.91 Å². The Bertz CT molecular complexity index is 846. The van der Waals surface area contributed by atoms with Crippen molar-refractivity contribution in [2.24, 2.45) is 5.92 Å². The van der Waals surface area contributed by atoms with Crippen molar-refractivity contribution < 1.29 is 27.9 Å². The summed E-state index contributed by atoms with van der Waals surface area (Å²) >= 11 is 0. The van der Waals surface area contributed by atoms with Crippen LogP contribution in [0.1, 0.15) is 39.8 Å². The van der Waals surface area contributed by atoms with E-state index in [-0.39, 0.29) is 35.6 Å². The van der Waals surface area contributed by atoms with Gasteiger partial charge in [-0.25, -0.2) is 13.6 Å². The summed E-state index contributed by atoms with van der Waals surface area (Å²) in [5, 5.41) is 9.02. The van der Waals surface area contributed by atoms with Crippen molar-refractivity contribution in [3.63, 3.8) is 0 Å². The summed E-state index contributed by atoms with van der Waals surface area (Å²) < 4.78 is 32.2. The Morgan fingerprint density at radius 2 is 2.04 bits per heavy atom. The number of aryl methyl sites for hydroxylation is 1. The Kier molecular flexibility index (Phi) is 4.32. The van der Waals surface area contributed by atoms with Gasteiger partial charge < -0.3 is 14.4 Å². The van der Waals surface area contributed by atoms with E-state index in [0.717, 1.165) is 6.07 Å². The number of rotatable bonds is 5. The van der Waals surface area contributed by atoms with Crippen LogP contribution in [-0.2, 0) is 11.3 Å². The standard InChI is InChI=1S/C18H17F2NO4/c1-9-13(18(23)24)6-11(25-9)8-21(2)17(22)15-7-14(15)12-4-3-10(19)5-16(12)20/h3-6,14-15H,7-8H2,1-2H3,(H,23,24)/t14-,15+/m1/s1. The average molecular weight is 349 g/mol. The first kappa shape index (κ1) is 17.1. The average Bonchev–Trinajstić information content (AvgIpc) is 3.22. The number of furan rings is 1. The van der Waals surface area contributed by atoms with Gasteiger partial charge in [0.05, 0.1) is 6.54 Å². The molecule has 7 heteroatoms. The van der Waals surface area contributed by atoms with Crippen molar-refractivity contribution in [2.75, 3.05) is 7.05 Å². The molecule has 3 rings (SSSR count). The van der Waals surface area contributed by atoms with Gasteiger partial charge in [-0.05, 0) is 37.0 Å². The number of carboxylic acids is 1. The maximum Gasteiger partial charge on any atom is 0.339 e.